The van der Waals surface area contributed by atoms with E-state index in [2.05, 4.69) is 10.3 Å². The van der Waals surface area contributed by atoms with Crippen LogP contribution in [0.4, 0.5) is 11.5 Å². The molecule has 1 fully saturated rings. The van der Waals surface area contributed by atoms with Crippen LogP contribution in [0.15, 0.2) is 36.5 Å². The predicted octanol–water partition coefficient (Wildman–Crippen LogP) is 2.10. The van der Waals surface area contributed by atoms with E-state index in [4.69, 9.17) is 4.74 Å². The Balaban J connectivity index is 1.78. The molecule has 130 valence electrons. The third-order valence-corrected chi connectivity index (χ3v) is 4.15. The zero-order valence-corrected chi connectivity index (χ0v) is 14.0. The molecular weight excluding hydrogens is 322 g/mol. The van der Waals surface area contributed by atoms with Gasteiger partial charge in [-0.05, 0) is 36.8 Å². The summed E-state index contributed by atoms with van der Waals surface area (Å²) in [5, 5.41) is 12.3. The summed E-state index contributed by atoms with van der Waals surface area (Å²) in [4.78, 5) is 30.3. The number of hydrogen-bond acceptors (Lipinski definition) is 5. The Labute approximate surface area is 145 Å². The molecule has 25 heavy (non-hydrogen) atoms. The average Bonchev–Trinajstić information content (AvgIpc) is 2.98. The molecule has 1 atom stereocenters. The second-order valence-corrected chi connectivity index (χ2v) is 5.94. The molecule has 1 unspecified atom stereocenters. The van der Waals surface area contributed by atoms with Crippen molar-refractivity contribution < 1.29 is 19.4 Å². The van der Waals surface area contributed by atoms with Gasteiger partial charge in [-0.25, -0.2) is 4.98 Å². The molecule has 7 nitrogen and oxygen atoms in total. The average molecular weight is 341 g/mol. The lowest BCUT2D eigenvalue weighted by Gasteiger charge is -2.20. The Bertz CT molecular complexity index is 822. The number of carbonyl (C=O) groups is 2. The van der Waals surface area contributed by atoms with Crippen molar-refractivity contribution >= 4 is 23.3 Å². The molecule has 0 saturated carbocycles. The summed E-state index contributed by atoms with van der Waals surface area (Å²) in [6.45, 7) is 2.18. The summed E-state index contributed by atoms with van der Waals surface area (Å²) in [5.74, 6) is -0.462. The van der Waals surface area contributed by atoms with Crippen molar-refractivity contribution in [2.75, 3.05) is 23.9 Å². The van der Waals surface area contributed by atoms with Crippen LogP contribution < -0.4 is 15.0 Å². The third-order valence-electron chi connectivity index (χ3n) is 4.15. The van der Waals surface area contributed by atoms with E-state index in [-0.39, 0.29) is 36.3 Å². The zero-order valence-electron chi connectivity index (χ0n) is 14.0. The van der Waals surface area contributed by atoms with Crippen molar-refractivity contribution in [1.82, 2.24) is 4.98 Å². The standard InChI is InChI=1S/C18H19N3O4/c1-11-5-6-15(25-2)13(8-11)21-10-12(9-16(21)23)18(24)20-17-14(22)4-3-7-19-17/h3-8,12,22H,9-10H2,1-2H3,(H,19,20,24). The number of hydrogen-bond donors (Lipinski definition) is 2. The largest absolute Gasteiger partial charge is 0.504 e. The number of carbonyl (C=O) groups excluding carboxylic acids is 2. The third kappa shape index (κ3) is 3.40. The summed E-state index contributed by atoms with van der Waals surface area (Å²) < 4.78 is 5.33. The maximum Gasteiger partial charge on any atom is 0.231 e. The Kier molecular flexibility index (Phi) is 4.56. The molecule has 0 bridgehead atoms. The number of amides is 2. The minimum absolute atomic E-state index is 0.0894. The molecular formula is C18H19N3O4. The Morgan fingerprint density at radius 1 is 1.40 bits per heavy atom. The van der Waals surface area contributed by atoms with Gasteiger partial charge in [0, 0.05) is 19.2 Å². The molecule has 1 aromatic heterocycles. The van der Waals surface area contributed by atoms with Crippen LogP contribution in [0.25, 0.3) is 0 Å². The van der Waals surface area contributed by atoms with Crippen LogP contribution in [0.2, 0.25) is 0 Å². The number of ether oxygens (including phenoxy) is 1. The fraction of sp³-hybridized carbons (Fsp3) is 0.278. The second-order valence-electron chi connectivity index (χ2n) is 5.94. The zero-order chi connectivity index (χ0) is 18.0. The SMILES string of the molecule is COc1ccc(C)cc1N1CC(C(=O)Nc2ncccc2O)CC1=O. The van der Waals surface area contributed by atoms with Crippen LogP contribution in [-0.2, 0) is 9.59 Å². The molecule has 7 heteroatoms. The molecule has 1 saturated heterocycles. The lowest BCUT2D eigenvalue weighted by atomic mass is 10.1. The molecule has 0 spiro atoms. The van der Waals surface area contributed by atoms with E-state index in [1.54, 1.807) is 24.1 Å². The van der Waals surface area contributed by atoms with Crippen molar-refractivity contribution in [3.05, 3.63) is 42.1 Å². The molecule has 2 heterocycles. The lowest BCUT2D eigenvalue weighted by molar-refractivity contribution is -0.122. The number of aryl methyl sites for hydroxylation is 1. The van der Waals surface area contributed by atoms with Gasteiger partial charge in [-0.3, -0.25) is 9.59 Å². The summed E-state index contributed by atoms with van der Waals surface area (Å²) in [6, 6.07) is 8.57. The minimum atomic E-state index is -0.529. The van der Waals surface area contributed by atoms with Crippen LogP contribution in [0.1, 0.15) is 12.0 Å². The normalized spacial score (nSPS) is 16.8. The molecule has 1 aliphatic heterocycles. The highest BCUT2D eigenvalue weighted by Crippen LogP contribution is 2.34. The molecule has 0 aliphatic carbocycles. The number of nitrogens with zero attached hydrogens (tertiary/aromatic N) is 2. The van der Waals surface area contributed by atoms with E-state index in [9.17, 15) is 14.7 Å². The Hall–Kier alpha value is -3.09. The number of nitrogens with one attached hydrogen (secondary N) is 1. The second kappa shape index (κ2) is 6.80. The number of rotatable bonds is 4. The van der Waals surface area contributed by atoms with E-state index in [1.807, 2.05) is 19.1 Å². The van der Waals surface area contributed by atoms with E-state index in [0.29, 0.717) is 11.4 Å². The van der Waals surface area contributed by atoms with E-state index >= 15 is 0 Å². The molecule has 2 N–H and O–H groups in total. The fourth-order valence-corrected chi connectivity index (χ4v) is 2.84. The highest BCUT2D eigenvalue weighted by atomic mass is 16.5. The number of methoxy groups -OCH3 is 1. The van der Waals surface area contributed by atoms with Gasteiger partial charge in [-0.2, -0.15) is 0 Å². The van der Waals surface area contributed by atoms with Gasteiger partial charge in [0.2, 0.25) is 11.8 Å². The number of anilines is 2. The van der Waals surface area contributed by atoms with Crippen molar-refractivity contribution in [2.24, 2.45) is 5.92 Å². The lowest BCUT2D eigenvalue weighted by Crippen LogP contribution is -2.28. The number of aromatic hydroxyl groups is 1. The molecule has 2 amide bonds. The number of pyridine rings is 1. The molecule has 0 radical (unpaired) electrons. The first-order chi connectivity index (χ1) is 12.0. The highest BCUT2D eigenvalue weighted by Gasteiger charge is 2.36. The quantitative estimate of drug-likeness (QED) is 0.888. The first-order valence-corrected chi connectivity index (χ1v) is 7.89. The van der Waals surface area contributed by atoms with E-state index in [0.717, 1.165) is 5.56 Å². The van der Waals surface area contributed by atoms with Crippen LogP contribution in [0.3, 0.4) is 0 Å². The van der Waals surface area contributed by atoms with Gasteiger partial charge in [0.05, 0.1) is 18.7 Å². The van der Waals surface area contributed by atoms with Crippen molar-refractivity contribution in [2.45, 2.75) is 13.3 Å². The Morgan fingerprint density at radius 2 is 2.20 bits per heavy atom. The van der Waals surface area contributed by atoms with Gasteiger partial charge in [0.1, 0.15) is 5.75 Å². The van der Waals surface area contributed by atoms with E-state index < -0.39 is 5.92 Å². The summed E-state index contributed by atoms with van der Waals surface area (Å²) in [5.41, 5.74) is 1.65. The Morgan fingerprint density at radius 3 is 2.92 bits per heavy atom. The van der Waals surface area contributed by atoms with Crippen LogP contribution in [0, 0.1) is 12.8 Å². The highest BCUT2D eigenvalue weighted by molar-refractivity contribution is 6.04. The topological polar surface area (TPSA) is 91.8 Å². The minimum Gasteiger partial charge on any atom is -0.504 e. The van der Waals surface area contributed by atoms with Gasteiger partial charge < -0.3 is 20.1 Å². The number of aromatic nitrogens is 1. The van der Waals surface area contributed by atoms with Crippen molar-refractivity contribution in [1.29, 1.82) is 0 Å². The summed E-state index contributed by atoms with van der Waals surface area (Å²) >= 11 is 0. The number of benzene rings is 1. The van der Waals surface area contributed by atoms with Crippen LogP contribution in [0.5, 0.6) is 11.5 Å². The monoisotopic (exact) mass is 341 g/mol. The fourth-order valence-electron chi connectivity index (χ4n) is 2.84. The van der Waals surface area contributed by atoms with Crippen molar-refractivity contribution in [3.63, 3.8) is 0 Å². The summed E-state index contributed by atoms with van der Waals surface area (Å²) in [7, 11) is 1.54. The maximum atomic E-state index is 12.4. The van der Waals surface area contributed by atoms with Crippen LogP contribution >= 0.6 is 0 Å². The molecule has 2 aromatic rings. The first kappa shape index (κ1) is 16.8. The van der Waals surface area contributed by atoms with Gasteiger partial charge in [0.25, 0.3) is 0 Å². The van der Waals surface area contributed by atoms with Crippen molar-refractivity contribution in [3.8, 4) is 11.5 Å². The van der Waals surface area contributed by atoms with Gasteiger partial charge in [-0.15, -0.1) is 0 Å². The predicted molar refractivity (Wildman–Crippen MR) is 92.7 cm³/mol. The summed E-state index contributed by atoms with van der Waals surface area (Å²) in [6.07, 6.45) is 1.57. The van der Waals surface area contributed by atoms with Gasteiger partial charge in [-0.1, -0.05) is 6.07 Å². The van der Waals surface area contributed by atoms with E-state index in [1.165, 1.54) is 12.3 Å². The van der Waals surface area contributed by atoms with Crippen LogP contribution in [-0.4, -0.2) is 35.6 Å². The molecule has 1 aromatic carbocycles. The van der Waals surface area contributed by atoms with Gasteiger partial charge >= 0.3 is 0 Å². The molecule has 1 aliphatic rings. The smallest absolute Gasteiger partial charge is 0.231 e. The maximum absolute atomic E-state index is 12.4. The van der Waals surface area contributed by atoms with Gasteiger partial charge in [0.15, 0.2) is 11.6 Å². The first-order valence-electron chi connectivity index (χ1n) is 7.89. The molecule has 3 rings (SSSR count).